The van der Waals surface area contributed by atoms with Crippen LogP contribution in [0.4, 0.5) is 17.3 Å². The summed E-state index contributed by atoms with van der Waals surface area (Å²) in [5.74, 6) is -0.309. The van der Waals surface area contributed by atoms with Crippen LogP contribution in [-0.2, 0) is 9.53 Å². The fourth-order valence-corrected chi connectivity index (χ4v) is 1.52. The minimum atomic E-state index is -0.568. The molecule has 1 rings (SSSR count). The molecule has 0 aliphatic heterocycles. The van der Waals surface area contributed by atoms with Gasteiger partial charge >= 0.3 is 11.7 Å². The molecule has 0 fully saturated rings. The number of nitro groups is 1. The molecule has 1 aromatic heterocycles. The molecular weight excluding hydrogens is 266 g/mol. The lowest BCUT2D eigenvalue weighted by Gasteiger charge is -2.17. The number of nitrogens with one attached hydrogen (secondary N) is 1. The monoisotopic (exact) mass is 283 g/mol. The largest absolute Gasteiger partial charge is 0.468 e. The molecular formula is C11H17N5O4. The zero-order valence-corrected chi connectivity index (χ0v) is 11.6. The number of likely N-dealkylation sites (N-methyl/N-ethyl adjacent to an activating group) is 1. The zero-order valence-electron chi connectivity index (χ0n) is 11.6. The Kier molecular flexibility index (Phi) is 5.63. The van der Waals surface area contributed by atoms with Gasteiger partial charge < -0.3 is 15.0 Å². The van der Waals surface area contributed by atoms with Crippen molar-refractivity contribution in [3.05, 3.63) is 16.4 Å². The van der Waals surface area contributed by atoms with Crippen LogP contribution in [0.25, 0.3) is 0 Å². The summed E-state index contributed by atoms with van der Waals surface area (Å²) in [4.78, 5) is 31.0. The summed E-state index contributed by atoms with van der Waals surface area (Å²) in [5, 5.41) is 14.1. The number of methoxy groups -OCH3 is 1. The van der Waals surface area contributed by atoms with E-state index in [1.165, 1.54) is 25.4 Å². The topological polar surface area (TPSA) is 110 Å². The Bertz CT molecular complexity index is 494. The third-order valence-electron chi connectivity index (χ3n) is 2.48. The van der Waals surface area contributed by atoms with Crippen molar-refractivity contribution in [1.82, 2.24) is 9.97 Å². The maximum Gasteiger partial charge on any atom is 0.353 e. The molecule has 0 aromatic carbocycles. The summed E-state index contributed by atoms with van der Waals surface area (Å²) < 4.78 is 4.53. The number of rotatable bonds is 7. The maximum atomic E-state index is 11.2. The van der Waals surface area contributed by atoms with Crippen molar-refractivity contribution in [1.29, 1.82) is 0 Å². The lowest BCUT2D eigenvalue weighted by atomic mass is 10.3. The predicted octanol–water partition coefficient (Wildman–Crippen LogP) is 0.816. The second-order valence-electron chi connectivity index (χ2n) is 4.01. The average Bonchev–Trinajstić information content (AvgIpc) is 2.44. The highest BCUT2D eigenvalue weighted by Gasteiger charge is 2.26. The molecule has 0 spiro atoms. The Morgan fingerprint density at radius 2 is 2.25 bits per heavy atom. The fraction of sp³-hybridized carbons (Fsp3) is 0.545. The van der Waals surface area contributed by atoms with Crippen molar-refractivity contribution in [3.63, 3.8) is 0 Å². The Morgan fingerprint density at radius 1 is 1.55 bits per heavy atom. The van der Waals surface area contributed by atoms with Gasteiger partial charge in [-0.15, -0.1) is 0 Å². The number of esters is 1. The standard InChI is InChI=1S/C11H17N5O4/c1-4-5-12-10-9(16(18)19)11(14-7-13-10)15(2)6-8(17)20-3/h7H,4-6H2,1-3H3,(H,12,13,14). The van der Waals surface area contributed by atoms with Crippen LogP contribution >= 0.6 is 0 Å². The van der Waals surface area contributed by atoms with Gasteiger partial charge in [-0.25, -0.2) is 9.97 Å². The van der Waals surface area contributed by atoms with Gasteiger partial charge in [0.15, 0.2) is 0 Å². The van der Waals surface area contributed by atoms with E-state index in [9.17, 15) is 14.9 Å². The molecule has 0 saturated heterocycles. The highest BCUT2D eigenvalue weighted by molar-refractivity contribution is 5.78. The van der Waals surface area contributed by atoms with E-state index in [4.69, 9.17) is 0 Å². The molecule has 0 atom stereocenters. The van der Waals surface area contributed by atoms with Crippen LogP contribution in [0.3, 0.4) is 0 Å². The van der Waals surface area contributed by atoms with E-state index in [0.29, 0.717) is 6.54 Å². The maximum absolute atomic E-state index is 11.2. The Balaban J connectivity index is 3.11. The molecule has 1 N–H and O–H groups in total. The third kappa shape index (κ3) is 3.77. The number of anilines is 2. The minimum absolute atomic E-state index is 0.0639. The van der Waals surface area contributed by atoms with Crippen molar-refractivity contribution in [3.8, 4) is 0 Å². The summed E-state index contributed by atoms with van der Waals surface area (Å²) in [6.07, 6.45) is 2.02. The SMILES string of the molecule is CCCNc1ncnc(N(C)CC(=O)OC)c1[N+](=O)[O-]. The van der Waals surface area contributed by atoms with Gasteiger partial charge in [0.25, 0.3) is 0 Å². The second-order valence-corrected chi connectivity index (χ2v) is 4.01. The van der Waals surface area contributed by atoms with Gasteiger partial charge in [0.05, 0.1) is 12.0 Å². The van der Waals surface area contributed by atoms with Gasteiger partial charge in [-0.1, -0.05) is 6.92 Å². The summed E-state index contributed by atoms with van der Waals surface area (Å²) in [6.45, 7) is 2.35. The van der Waals surface area contributed by atoms with Crippen LogP contribution in [-0.4, -0.2) is 48.1 Å². The predicted molar refractivity (Wildman–Crippen MR) is 72.8 cm³/mol. The molecule has 20 heavy (non-hydrogen) atoms. The van der Waals surface area contributed by atoms with E-state index < -0.39 is 10.9 Å². The molecule has 0 amide bonds. The first-order chi connectivity index (χ1) is 9.51. The van der Waals surface area contributed by atoms with Crippen molar-refractivity contribution in [2.75, 3.05) is 37.5 Å². The molecule has 0 aliphatic carbocycles. The molecule has 0 unspecified atom stereocenters. The number of ether oxygens (including phenoxy) is 1. The van der Waals surface area contributed by atoms with Crippen molar-refractivity contribution in [2.24, 2.45) is 0 Å². The van der Waals surface area contributed by atoms with E-state index in [-0.39, 0.29) is 23.9 Å². The molecule has 0 radical (unpaired) electrons. The van der Waals surface area contributed by atoms with Crippen LogP contribution in [0.2, 0.25) is 0 Å². The van der Waals surface area contributed by atoms with Crippen LogP contribution in [0.1, 0.15) is 13.3 Å². The smallest absolute Gasteiger partial charge is 0.353 e. The molecule has 1 heterocycles. The van der Waals surface area contributed by atoms with Crippen LogP contribution in [0.15, 0.2) is 6.33 Å². The number of hydrogen-bond donors (Lipinski definition) is 1. The van der Waals surface area contributed by atoms with Gasteiger partial charge in [0.2, 0.25) is 11.6 Å². The number of nitrogens with zero attached hydrogens (tertiary/aromatic N) is 4. The van der Waals surface area contributed by atoms with E-state index in [1.54, 1.807) is 0 Å². The molecule has 9 heteroatoms. The number of carbonyl (C=O) groups is 1. The average molecular weight is 283 g/mol. The van der Waals surface area contributed by atoms with Crippen LogP contribution in [0.5, 0.6) is 0 Å². The van der Waals surface area contributed by atoms with Gasteiger partial charge in [0, 0.05) is 13.6 Å². The Hall–Kier alpha value is -2.45. The summed E-state index contributed by atoms with van der Waals surface area (Å²) in [6, 6.07) is 0. The first kappa shape index (κ1) is 15.6. The Morgan fingerprint density at radius 3 is 2.80 bits per heavy atom. The van der Waals surface area contributed by atoms with Gasteiger partial charge in [-0.3, -0.25) is 14.9 Å². The summed E-state index contributed by atoms with van der Waals surface area (Å²) >= 11 is 0. The number of hydrogen-bond acceptors (Lipinski definition) is 8. The van der Waals surface area contributed by atoms with E-state index in [1.807, 2.05) is 6.92 Å². The lowest BCUT2D eigenvalue weighted by Crippen LogP contribution is -2.28. The normalized spacial score (nSPS) is 9.95. The highest BCUT2D eigenvalue weighted by atomic mass is 16.6. The van der Waals surface area contributed by atoms with E-state index in [2.05, 4.69) is 20.0 Å². The first-order valence-electron chi connectivity index (χ1n) is 6.02. The van der Waals surface area contributed by atoms with Crippen LogP contribution < -0.4 is 10.2 Å². The van der Waals surface area contributed by atoms with Crippen molar-refractivity contribution >= 4 is 23.3 Å². The second kappa shape index (κ2) is 7.22. The molecule has 0 bridgehead atoms. The quantitative estimate of drug-likeness (QED) is 0.444. The molecule has 0 saturated carbocycles. The third-order valence-corrected chi connectivity index (χ3v) is 2.48. The van der Waals surface area contributed by atoms with Gasteiger partial charge in [-0.05, 0) is 6.42 Å². The lowest BCUT2D eigenvalue weighted by molar-refractivity contribution is -0.383. The number of carbonyl (C=O) groups excluding carboxylic acids is 1. The minimum Gasteiger partial charge on any atom is -0.468 e. The zero-order chi connectivity index (χ0) is 15.1. The van der Waals surface area contributed by atoms with Gasteiger partial charge in [0.1, 0.15) is 12.9 Å². The van der Waals surface area contributed by atoms with E-state index in [0.717, 1.165) is 6.42 Å². The summed E-state index contributed by atoms with van der Waals surface area (Å²) in [7, 11) is 2.77. The number of aromatic nitrogens is 2. The molecule has 0 aliphatic rings. The first-order valence-corrected chi connectivity index (χ1v) is 6.02. The van der Waals surface area contributed by atoms with Gasteiger partial charge in [-0.2, -0.15) is 0 Å². The van der Waals surface area contributed by atoms with Crippen molar-refractivity contribution in [2.45, 2.75) is 13.3 Å². The molecule has 9 nitrogen and oxygen atoms in total. The van der Waals surface area contributed by atoms with Crippen LogP contribution in [0, 0.1) is 10.1 Å². The molecule has 110 valence electrons. The highest BCUT2D eigenvalue weighted by Crippen LogP contribution is 2.30. The van der Waals surface area contributed by atoms with E-state index >= 15 is 0 Å². The fourth-order valence-electron chi connectivity index (χ4n) is 1.52. The Labute approximate surface area is 116 Å². The summed E-state index contributed by atoms with van der Waals surface area (Å²) in [5.41, 5.74) is -0.257. The van der Waals surface area contributed by atoms with Crippen molar-refractivity contribution < 1.29 is 14.5 Å². The molecule has 1 aromatic rings.